The summed E-state index contributed by atoms with van der Waals surface area (Å²) in [5.41, 5.74) is 3.44. The summed E-state index contributed by atoms with van der Waals surface area (Å²) < 4.78 is 11.0. The second kappa shape index (κ2) is 21.0. The van der Waals surface area contributed by atoms with Crippen molar-refractivity contribution in [3.8, 4) is 11.1 Å². The summed E-state index contributed by atoms with van der Waals surface area (Å²) in [6.07, 6.45) is 0.665. The lowest BCUT2D eigenvalue weighted by Gasteiger charge is -2.22. The molecule has 0 saturated carbocycles. The lowest BCUT2D eigenvalue weighted by Crippen LogP contribution is -2.44. The fourth-order valence-electron chi connectivity index (χ4n) is 4.22. The lowest BCUT2D eigenvalue weighted by molar-refractivity contribution is -0.125. The maximum atomic E-state index is 12.5. The summed E-state index contributed by atoms with van der Waals surface area (Å²) in [7, 11) is 0. The van der Waals surface area contributed by atoms with Crippen LogP contribution in [0.4, 0.5) is 0 Å². The van der Waals surface area contributed by atoms with Crippen LogP contribution >= 0.6 is 0 Å². The molecule has 0 bridgehead atoms. The quantitative estimate of drug-likeness (QED) is 0.160. The van der Waals surface area contributed by atoms with Crippen LogP contribution in [0.5, 0.6) is 0 Å². The Morgan fingerprint density at radius 3 is 1.77 bits per heavy atom. The molecular formula is C32H47N5O6. The van der Waals surface area contributed by atoms with Crippen LogP contribution in [0.25, 0.3) is 11.1 Å². The van der Waals surface area contributed by atoms with Crippen LogP contribution in [0.3, 0.4) is 0 Å². The van der Waals surface area contributed by atoms with Gasteiger partial charge in [-0.2, -0.15) is 0 Å². The number of carbonyl (C=O) groups excluding carboxylic acids is 4. The first-order valence-electron chi connectivity index (χ1n) is 14.8. The molecule has 4 amide bonds. The third-order valence-electron chi connectivity index (χ3n) is 6.51. The summed E-state index contributed by atoms with van der Waals surface area (Å²) in [6.45, 7) is 9.01. The first-order valence-corrected chi connectivity index (χ1v) is 14.8. The molecule has 2 aromatic rings. The van der Waals surface area contributed by atoms with Crippen molar-refractivity contribution in [3.05, 3.63) is 60.2 Å². The van der Waals surface area contributed by atoms with E-state index in [1.807, 2.05) is 30.0 Å². The van der Waals surface area contributed by atoms with Crippen LogP contribution in [0.15, 0.2) is 54.6 Å². The number of carbonyl (C=O) groups is 4. The molecule has 236 valence electrons. The molecule has 4 N–H and O–H groups in total. The number of benzene rings is 2. The predicted octanol–water partition coefficient (Wildman–Crippen LogP) is 1.37. The van der Waals surface area contributed by atoms with E-state index in [0.717, 1.165) is 11.1 Å². The average Bonchev–Trinajstić information content (AvgIpc) is 2.98. The van der Waals surface area contributed by atoms with Gasteiger partial charge in [-0.15, -0.1) is 0 Å². The third kappa shape index (κ3) is 16.4. The van der Waals surface area contributed by atoms with Gasteiger partial charge in [-0.3, -0.25) is 24.1 Å². The number of hydrogen-bond donors (Lipinski definition) is 4. The molecule has 11 heteroatoms. The van der Waals surface area contributed by atoms with Gasteiger partial charge < -0.3 is 30.7 Å². The largest absolute Gasteiger partial charge is 0.377 e. The van der Waals surface area contributed by atoms with Gasteiger partial charge >= 0.3 is 0 Å². The zero-order valence-electron chi connectivity index (χ0n) is 25.7. The first-order chi connectivity index (χ1) is 20.7. The number of nitrogens with zero attached hydrogens (tertiary/aromatic N) is 1. The molecule has 0 aliphatic rings. The van der Waals surface area contributed by atoms with Gasteiger partial charge in [-0.25, -0.2) is 0 Å². The lowest BCUT2D eigenvalue weighted by atomic mass is 9.97. The average molecular weight is 598 g/mol. The standard InChI is InChI=1S/C32H47N5O6/c1-25(23-28-9-11-30(12-10-28)29-7-5-4-6-8-29)32(41)36-16-20-43-22-21-42-19-15-35-31(40)24-37(17-13-33-26(2)38)18-14-34-27(3)39/h4-12,25H,13-24H2,1-3H3,(H,33,38)(H,34,39)(H,35,40)(H,36,41)/t25-/m0/s1. The molecule has 2 rings (SSSR count). The fourth-order valence-corrected chi connectivity index (χ4v) is 4.22. The van der Waals surface area contributed by atoms with E-state index >= 15 is 0 Å². The van der Waals surface area contributed by atoms with Crippen molar-refractivity contribution in [1.82, 2.24) is 26.2 Å². The van der Waals surface area contributed by atoms with Crippen molar-refractivity contribution in [1.29, 1.82) is 0 Å². The molecule has 0 unspecified atom stereocenters. The second-order valence-electron chi connectivity index (χ2n) is 10.3. The van der Waals surface area contributed by atoms with Crippen molar-refractivity contribution >= 4 is 23.6 Å². The Balaban J connectivity index is 1.50. The van der Waals surface area contributed by atoms with Gasteiger partial charge in [0.15, 0.2) is 0 Å². The van der Waals surface area contributed by atoms with E-state index < -0.39 is 0 Å². The van der Waals surface area contributed by atoms with E-state index in [4.69, 9.17) is 9.47 Å². The Bertz CT molecular complexity index is 1090. The van der Waals surface area contributed by atoms with Crippen molar-refractivity contribution in [3.63, 3.8) is 0 Å². The smallest absolute Gasteiger partial charge is 0.234 e. The summed E-state index contributed by atoms with van der Waals surface area (Å²) in [6, 6.07) is 18.5. The van der Waals surface area contributed by atoms with Crippen molar-refractivity contribution in [2.75, 3.05) is 72.2 Å². The minimum atomic E-state index is -0.167. The maximum absolute atomic E-state index is 12.5. The molecule has 0 saturated heterocycles. The van der Waals surface area contributed by atoms with Crippen LogP contribution in [0.1, 0.15) is 26.3 Å². The molecule has 0 aromatic heterocycles. The normalized spacial score (nSPS) is 11.5. The first kappa shape index (κ1) is 35.4. The van der Waals surface area contributed by atoms with Gasteiger partial charge in [0, 0.05) is 59.0 Å². The molecule has 0 spiro atoms. The van der Waals surface area contributed by atoms with Crippen molar-refractivity contribution in [2.24, 2.45) is 5.92 Å². The zero-order chi connectivity index (χ0) is 31.3. The Labute approximate surface area is 255 Å². The van der Waals surface area contributed by atoms with Gasteiger partial charge in [-0.05, 0) is 23.1 Å². The molecule has 0 fully saturated rings. The van der Waals surface area contributed by atoms with Gasteiger partial charge in [0.2, 0.25) is 23.6 Å². The number of amides is 4. The van der Waals surface area contributed by atoms with E-state index in [0.29, 0.717) is 72.1 Å². The van der Waals surface area contributed by atoms with Crippen LogP contribution in [0.2, 0.25) is 0 Å². The van der Waals surface area contributed by atoms with Gasteiger partial charge in [0.05, 0.1) is 33.0 Å². The highest BCUT2D eigenvalue weighted by Crippen LogP contribution is 2.20. The van der Waals surface area contributed by atoms with Crippen LogP contribution in [-0.4, -0.2) is 101 Å². The summed E-state index contributed by atoms with van der Waals surface area (Å²) in [4.78, 5) is 48.8. The van der Waals surface area contributed by atoms with Crippen molar-refractivity contribution < 1.29 is 28.7 Å². The number of rotatable bonds is 21. The van der Waals surface area contributed by atoms with Crippen LogP contribution in [0, 0.1) is 5.92 Å². The molecule has 0 aliphatic carbocycles. The van der Waals surface area contributed by atoms with E-state index in [-0.39, 0.29) is 36.1 Å². The minimum absolute atomic E-state index is 0.00785. The molecule has 0 radical (unpaired) electrons. The van der Waals surface area contributed by atoms with Crippen molar-refractivity contribution in [2.45, 2.75) is 27.2 Å². The van der Waals surface area contributed by atoms with E-state index in [1.165, 1.54) is 19.4 Å². The molecule has 43 heavy (non-hydrogen) atoms. The molecule has 1 atom stereocenters. The summed E-state index contributed by atoms with van der Waals surface area (Å²) in [5, 5.41) is 11.1. The van der Waals surface area contributed by atoms with Gasteiger partial charge in [-0.1, -0.05) is 61.5 Å². The predicted molar refractivity (Wildman–Crippen MR) is 166 cm³/mol. The monoisotopic (exact) mass is 597 g/mol. The molecular weight excluding hydrogens is 550 g/mol. The SMILES string of the molecule is CC(=O)NCCN(CCNC(C)=O)CC(=O)NCCOCCOCCNC(=O)[C@@H](C)Cc1ccc(-c2ccccc2)cc1. The molecule has 11 nitrogen and oxygen atoms in total. The summed E-state index contributed by atoms with van der Waals surface area (Å²) >= 11 is 0. The Hall–Kier alpha value is -3.80. The zero-order valence-corrected chi connectivity index (χ0v) is 25.7. The van der Waals surface area contributed by atoms with E-state index in [9.17, 15) is 19.2 Å². The van der Waals surface area contributed by atoms with Crippen LogP contribution < -0.4 is 21.3 Å². The molecule has 0 aliphatic heterocycles. The van der Waals surface area contributed by atoms with E-state index in [2.05, 4.69) is 57.7 Å². The highest BCUT2D eigenvalue weighted by molar-refractivity contribution is 5.79. The minimum Gasteiger partial charge on any atom is -0.377 e. The number of hydrogen-bond acceptors (Lipinski definition) is 7. The second-order valence-corrected chi connectivity index (χ2v) is 10.3. The highest BCUT2D eigenvalue weighted by atomic mass is 16.5. The molecule has 0 heterocycles. The van der Waals surface area contributed by atoms with Gasteiger partial charge in [0.25, 0.3) is 0 Å². The number of nitrogens with one attached hydrogen (secondary N) is 4. The van der Waals surface area contributed by atoms with Crippen LogP contribution in [-0.2, 0) is 35.1 Å². The Kier molecular flexibility index (Phi) is 17.3. The maximum Gasteiger partial charge on any atom is 0.234 e. The molecule has 2 aromatic carbocycles. The summed E-state index contributed by atoms with van der Waals surface area (Å²) in [5.74, 6) is -0.596. The third-order valence-corrected chi connectivity index (χ3v) is 6.51. The highest BCUT2D eigenvalue weighted by Gasteiger charge is 2.13. The number of ether oxygens (including phenoxy) is 2. The Morgan fingerprint density at radius 2 is 1.21 bits per heavy atom. The van der Waals surface area contributed by atoms with E-state index in [1.54, 1.807) is 0 Å². The topological polar surface area (TPSA) is 138 Å². The fraction of sp³-hybridized carbons (Fsp3) is 0.500. The van der Waals surface area contributed by atoms with Gasteiger partial charge in [0.1, 0.15) is 0 Å². The Morgan fingerprint density at radius 1 is 0.674 bits per heavy atom.